The number of halogens is 6. The summed E-state index contributed by atoms with van der Waals surface area (Å²) in [4.78, 5) is 0. The van der Waals surface area contributed by atoms with Crippen LogP contribution in [0, 0.1) is 5.82 Å². The Balaban J connectivity index is 3.10. The molecule has 1 nitrogen and oxygen atoms in total. The molecule has 0 bridgehead atoms. The largest absolute Gasteiger partial charge is 0.416 e. The van der Waals surface area contributed by atoms with Crippen LogP contribution in [-0.4, -0.2) is 6.43 Å². The molecule has 0 aromatic heterocycles. The Morgan fingerprint density at radius 1 is 1.12 bits per heavy atom. The van der Waals surface area contributed by atoms with Crippen molar-refractivity contribution >= 4 is 0 Å². The Morgan fingerprint density at radius 3 is 2.06 bits per heavy atom. The van der Waals surface area contributed by atoms with E-state index >= 15 is 0 Å². The topological polar surface area (TPSA) is 26.0 Å². The fourth-order valence-corrected chi connectivity index (χ4v) is 1.11. The second-order valence-electron chi connectivity index (χ2n) is 3.09. The molecule has 2 N–H and O–H groups in total. The summed E-state index contributed by atoms with van der Waals surface area (Å²) in [6, 6.07) is -0.644. The van der Waals surface area contributed by atoms with E-state index in [1.165, 1.54) is 0 Å². The molecule has 0 heterocycles. The summed E-state index contributed by atoms with van der Waals surface area (Å²) in [6.07, 6.45) is -7.75. The molecule has 7 heteroatoms. The number of alkyl halides is 5. The van der Waals surface area contributed by atoms with Gasteiger partial charge in [-0.2, -0.15) is 13.2 Å². The minimum atomic E-state index is -4.71. The lowest BCUT2D eigenvalue weighted by atomic mass is 10.0. The van der Waals surface area contributed by atoms with Crippen LogP contribution in [0.3, 0.4) is 0 Å². The van der Waals surface area contributed by atoms with Gasteiger partial charge in [0, 0.05) is 5.56 Å². The van der Waals surface area contributed by atoms with Gasteiger partial charge in [0.2, 0.25) is 0 Å². The molecule has 1 rings (SSSR count). The van der Waals surface area contributed by atoms with Crippen molar-refractivity contribution < 1.29 is 26.3 Å². The predicted molar refractivity (Wildman–Crippen MR) is 44.3 cm³/mol. The molecule has 1 atom stereocenters. The summed E-state index contributed by atoms with van der Waals surface area (Å²) in [5.41, 5.74) is 3.05. The Kier molecular flexibility index (Phi) is 3.47. The highest BCUT2D eigenvalue weighted by atomic mass is 19.4. The van der Waals surface area contributed by atoms with Gasteiger partial charge in [0.25, 0.3) is 6.43 Å². The lowest BCUT2D eigenvalue weighted by molar-refractivity contribution is -0.137. The molecule has 0 radical (unpaired) electrons. The van der Waals surface area contributed by atoms with Gasteiger partial charge >= 0.3 is 6.18 Å². The Morgan fingerprint density at radius 2 is 1.69 bits per heavy atom. The van der Waals surface area contributed by atoms with Gasteiger partial charge in [0.15, 0.2) is 0 Å². The highest BCUT2D eigenvalue weighted by Gasteiger charge is 2.32. The number of nitrogens with two attached hydrogens (primary N) is 1. The molecule has 90 valence electrons. The third-order valence-corrected chi connectivity index (χ3v) is 1.96. The maximum Gasteiger partial charge on any atom is 0.416 e. The Hall–Kier alpha value is -1.24. The van der Waals surface area contributed by atoms with E-state index in [-0.39, 0.29) is 6.07 Å². The molecule has 0 saturated heterocycles. The first-order valence-corrected chi connectivity index (χ1v) is 4.14. The molecule has 16 heavy (non-hydrogen) atoms. The van der Waals surface area contributed by atoms with E-state index in [2.05, 4.69) is 0 Å². The first-order chi connectivity index (χ1) is 7.23. The zero-order chi connectivity index (χ0) is 12.5. The van der Waals surface area contributed by atoms with Crippen LogP contribution in [0.15, 0.2) is 18.2 Å². The molecule has 0 aliphatic rings. The van der Waals surface area contributed by atoms with Crippen molar-refractivity contribution in [2.24, 2.45) is 5.73 Å². The highest BCUT2D eigenvalue weighted by molar-refractivity contribution is 5.28. The second kappa shape index (κ2) is 4.32. The van der Waals surface area contributed by atoms with Gasteiger partial charge in [-0.1, -0.05) is 6.07 Å². The van der Waals surface area contributed by atoms with Crippen molar-refractivity contribution in [2.75, 3.05) is 0 Å². The van der Waals surface area contributed by atoms with Crippen LogP contribution in [0.1, 0.15) is 17.2 Å². The van der Waals surface area contributed by atoms with Gasteiger partial charge in [0.1, 0.15) is 5.82 Å². The van der Waals surface area contributed by atoms with Crippen molar-refractivity contribution in [1.29, 1.82) is 0 Å². The van der Waals surface area contributed by atoms with E-state index < -0.39 is 35.6 Å². The maximum absolute atomic E-state index is 13.1. The Bertz CT molecular complexity index is 373. The standard InChI is InChI=1S/C9H7F6N/c10-6-3-4(9(13,14)15)1-2-5(6)7(16)8(11)12/h1-3,7-8H,16H2/t7-/m0/s1. The minimum Gasteiger partial charge on any atom is -0.319 e. The van der Waals surface area contributed by atoms with E-state index in [1.807, 2.05) is 0 Å². The van der Waals surface area contributed by atoms with Crippen molar-refractivity contribution in [3.8, 4) is 0 Å². The van der Waals surface area contributed by atoms with Crippen LogP contribution in [-0.2, 0) is 6.18 Å². The number of hydrogen-bond acceptors (Lipinski definition) is 1. The summed E-state index contributed by atoms with van der Waals surface area (Å²) in [5.74, 6) is -1.39. The number of benzene rings is 1. The second-order valence-corrected chi connectivity index (χ2v) is 3.09. The van der Waals surface area contributed by atoms with E-state index in [1.54, 1.807) is 0 Å². The summed E-state index contributed by atoms with van der Waals surface area (Å²) < 4.78 is 73.6. The molecule has 1 aromatic carbocycles. The van der Waals surface area contributed by atoms with E-state index in [0.717, 1.165) is 0 Å². The van der Waals surface area contributed by atoms with Gasteiger partial charge in [-0.3, -0.25) is 0 Å². The zero-order valence-electron chi connectivity index (χ0n) is 7.73. The van der Waals surface area contributed by atoms with Gasteiger partial charge in [-0.25, -0.2) is 13.2 Å². The first-order valence-electron chi connectivity index (χ1n) is 4.14. The fourth-order valence-electron chi connectivity index (χ4n) is 1.11. The molecule has 0 saturated carbocycles. The fraction of sp³-hybridized carbons (Fsp3) is 0.333. The van der Waals surface area contributed by atoms with Crippen LogP contribution in [0.5, 0.6) is 0 Å². The van der Waals surface area contributed by atoms with Crippen molar-refractivity contribution in [3.63, 3.8) is 0 Å². The summed E-state index contributed by atoms with van der Waals surface area (Å²) in [7, 11) is 0. The van der Waals surface area contributed by atoms with E-state index in [4.69, 9.17) is 5.73 Å². The van der Waals surface area contributed by atoms with Crippen LogP contribution in [0.2, 0.25) is 0 Å². The molecule has 0 amide bonds. The van der Waals surface area contributed by atoms with Gasteiger partial charge in [0.05, 0.1) is 11.6 Å². The molecule has 0 aliphatic carbocycles. The molecular formula is C9H7F6N. The molecule has 0 unspecified atom stereocenters. The molecule has 0 spiro atoms. The maximum atomic E-state index is 13.1. The summed E-state index contributed by atoms with van der Waals surface area (Å²) in [5, 5.41) is 0. The molecular weight excluding hydrogens is 236 g/mol. The average Bonchev–Trinajstić information content (AvgIpc) is 2.15. The normalized spacial score (nSPS) is 14.2. The van der Waals surface area contributed by atoms with Gasteiger partial charge < -0.3 is 5.73 Å². The third-order valence-electron chi connectivity index (χ3n) is 1.96. The van der Waals surface area contributed by atoms with Gasteiger partial charge in [-0.05, 0) is 12.1 Å². The van der Waals surface area contributed by atoms with Crippen LogP contribution >= 0.6 is 0 Å². The smallest absolute Gasteiger partial charge is 0.319 e. The third kappa shape index (κ3) is 2.66. The van der Waals surface area contributed by atoms with Crippen molar-refractivity contribution in [2.45, 2.75) is 18.6 Å². The summed E-state index contributed by atoms with van der Waals surface area (Å²) >= 11 is 0. The monoisotopic (exact) mass is 243 g/mol. The quantitative estimate of drug-likeness (QED) is 0.793. The predicted octanol–water partition coefficient (Wildman–Crippen LogP) is 3.11. The molecule has 0 fully saturated rings. The average molecular weight is 243 g/mol. The SMILES string of the molecule is N[C@@H](c1ccc(C(F)(F)F)cc1F)C(F)F. The van der Waals surface area contributed by atoms with Crippen molar-refractivity contribution in [3.05, 3.63) is 35.1 Å². The lowest BCUT2D eigenvalue weighted by Gasteiger charge is -2.13. The van der Waals surface area contributed by atoms with E-state index in [0.29, 0.717) is 12.1 Å². The number of hydrogen-bond donors (Lipinski definition) is 1. The van der Waals surface area contributed by atoms with Crippen molar-refractivity contribution in [1.82, 2.24) is 0 Å². The highest BCUT2D eigenvalue weighted by Crippen LogP contribution is 2.31. The minimum absolute atomic E-state index is 0.150. The zero-order valence-corrected chi connectivity index (χ0v) is 7.73. The molecule has 1 aromatic rings. The van der Waals surface area contributed by atoms with E-state index in [9.17, 15) is 26.3 Å². The van der Waals surface area contributed by atoms with Crippen LogP contribution in [0.4, 0.5) is 26.3 Å². The number of rotatable bonds is 2. The Labute approximate surface area is 86.9 Å². The van der Waals surface area contributed by atoms with Crippen LogP contribution < -0.4 is 5.73 Å². The van der Waals surface area contributed by atoms with Crippen LogP contribution in [0.25, 0.3) is 0 Å². The lowest BCUT2D eigenvalue weighted by Crippen LogP contribution is -2.20. The van der Waals surface area contributed by atoms with Gasteiger partial charge in [-0.15, -0.1) is 0 Å². The molecule has 0 aliphatic heterocycles. The first kappa shape index (κ1) is 12.8. The summed E-state index contributed by atoms with van der Waals surface area (Å²) in [6.45, 7) is 0.